The Bertz CT molecular complexity index is 603. The van der Waals surface area contributed by atoms with Crippen LogP contribution in [-0.4, -0.2) is 34.1 Å². The first-order valence-corrected chi connectivity index (χ1v) is 7.53. The molecule has 2 aromatic rings. The van der Waals surface area contributed by atoms with E-state index in [1.165, 1.54) is 19.3 Å². The van der Waals surface area contributed by atoms with Gasteiger partial charge in [-0.15, -0.1) is 0 Å². The van der Waals surface area contributed by atoms with Gasteiger partial charge in [-0.3, -0.25) is 9.89 Å². The summed E-state index contributed by atoms with van der Waals surface area (Å²) in [5.74, 6) is 1.22. The molecular weight excluding hydrogens is 266 g/mol. The van der Waals surface area contributed by atoms with Gasteiger partial charge in [0.1, 0.15) is 5.69 Å². The van der Waals surface area contributed by atoms with Crippen molar-refractivity contribution < 1.29 is 9.21 Å². The highest BCUT2D eigenvalue weighted by atomic mass is 16.3. The fourth-order valence-electron chi connectivity index (χ4n) is 3.19. The van der Waals surface area contributed by atoms with Crippen molar-refractivity contribution in [1.82, 2.24) is 15.1 Å². The molecule has 0 unspecified atom stereocenters. The van der Waals surface area contributed by atoms with Gasteiger partial charge in [0, 0.05) is 19.2 Å². The molecule has 5 nitrogen and oxygen atoms in total. The maximum atomic E-state index is 12.6. The van der Waals surface area contributed by atoms with Gasteiger partial charge in [-0.1, -0.05) is 19.8 Å². The molecule has 5 heteroatoms. The van der Waals surface area contributed by atoms with E-state index in [4.69, 9.17) is 4.42 Å². The Morgan fingerprint density at radius 2 is 2.24 bits per heavy atom. The van der Waals surface area contributed by atoms with Gasteiger partial charge in [0.15, 0.2) is 11.5 Å². The predicted octanol–water partition coefficient (Wildman–Crippen LogP) is 3.32. The molecule has 0 radical (unpaired) electrons. The van der Waals surface area contributed by atoms with Crippen LogP contribution >= 0.6 is 0 Å². The molecule has 1 aliphatic carbocycles. The van der Waals surface area contributed by atoms with E-state index in [1.54, 1.807) is 12.3 Å². The van der Waals surface area contributed by atoms with Gasteiger partial charge >= 0.3 is 0 Å². The van der Waals surface area contributed by atoms with Gasteiger partial charge in [0.05, 0.1) is 6.26 Å². The molecule has 2 aromatic heterocycles. The molecule has 0 aliphatic heterocycles. The number of nitrogens with zero attached hydrogens (tertiary/aromatic N) is 2. The molecule has 0 saturated heterocycles. The lowest BCUT2D eigenvalue weighted by atomic mass is 9.85. The molecule has 0 aromatic carbocycles. The summed E-state index contributed by atoms with van der Waals surface area (Å²) in [4.78, 5) is 14.4. The topological polar surface area (TPSA) is 62.1 Å². The lowest BCUT2D eigenvalue weighted by molar-refractivity contribution is 0.0623. The number of nitrogens with one attached hydrogen (secondary N) is 1. The van der Waals surface area contributed by atoms with E-state index in [0.717, 1.165) is 12.1 Å². The van der Waals surface area contributed by atoms with E-state index in [2.05, 4.69) is 17.1 Å². The monoisotopic (exact) mass is 287 g/mol. The number of hydrogen-bond acceptors (Lipinski definition) is 3. The first-order chi connectivity index (χ1) is 10.2. The fraction of sp³-hybridized carbons (Fsp3) is 0.500. The third-order valence-electron chi connectivity index (χ3n) is 4.47. The second-order valence-electron chi connectivity index (χ2n) is 5.89. The smallest absolute Gasteiger partial charge is 0.274 e. The van der Waals surface area contributed by atoms with Crippen LogP contribution in [0.5, 0.6) is 0 Å². The quantitative estimate of drug-likeness (QED) is 0.942. The number of amides is 1. The lowest BCUT2D eigenvalue weighted by Gasteiger charge is -2.35. The first kappa shape index (κ1) is 13.9. The van der Waals surface area contributed by atoms with Crippen molar-refractivity contribution in [2.24, 2.45) is 5.92 Å². The Kier molecular flexibility index (Phi) is 3.82. The summed E-state index contributed by atoms with van der Waals surface area (Å²) in [5, 5.41) is 7.00. The second-order valence-corrected chi connectivity index (χ2v) is 5.89. The predicted molar refractivity (Wildman–Crippen MR) is 79.8 cm³/mol. The average Bonchev–Trinajstić information content (AvgIpc) is 3.17. The molecule has 1 amide bonds. The number of H-pyrrole nitrogens is 1. The van der Waals surface area contributed by atoms with Crippen LogP contribution in [-0.2, 0) is 0 Å². The maximum absolute atomic E-state index is 12.6. The minimum atomic E-state index is -0.0252. The van der Waals surface area contributed by atoms with E-state index in [1.807, 2.05) is 24.1 Å². The summed E-state index contributed by atoms with van der Waals surface area (Å²) in [6.45, 7) is 2.23. The van der Waals surface area contributed by atoms with Crippen LogP contribution in [0, 0.1) is 5.92 Å². The van der Waals surface area contributed by atoms with Gasteiger partial charge in [0.25, 0.3) is 5.91 Å². The molecule has 1 aliphatic rings. The highest BCUT2D eigenvalue weighted by Gasteiger charge is 2.29. The number of aromatic amines is 1. The zero-order valence-corrected chi connectivity index (χ0v) is 12.5. The molecule has 21 heavy (non-hydrogen) atoms. The molecule has 0 spiro atoms. The van der Waals surface area contributed by atoms with Crippen LogP contribution in [0.4, 0.5) is 0 Å². The number of furan rings is 1. The zero-order chi connectivity index (χ0) is 14.8. The Balaban J connectivity index is 1.75. The molecule has 3 rings (SSSR count). The Morgan fingerprint density at radius 1 is 1.43 bits per heavy atom. The van der Waals surface area contributed by atoms with E-state index < -0.39 is 0 Å². The van der Waals surface area contributed by atoms with Gasteiger partial charge in [-0.05, 0) is 30.9 Å². The molecule has 1 saturated carbocycles. The zero-order valence-electron chi connectivity index (χ0n) is 12.5. The average molecular weight is 287 g/mol. The first-order valence-electron chi connectivity index (χ1n) is 7.53. The molecule has 112 valence electrons. The van der Waals surface area contributed by atoms with Crippen molar-refractivity contribution in [3.05, 3.63) is 30.2 Å². The van der Waals surface area contributed by atoms with E-state index >= 15 is 0 Å². The highest BCUT2D eigenvalue weighted by molar-refractivity contribution is 5.93. The fourth-order valence-corrected chi connectivity index (χ4v) is 3.19. The molecule has 2 heterocycles. The van der Waals surface area contributed by atoms with Gasteiger partial charge in [-0.2, -0.15) is 5.10 Å². The molecule has 2 atom stereocenters. The van der Waals surface area contributed by atoms with Crippen LogP contribution in [0.1, 0.15) is 43.1 Å². The van der Waals surface area contributed by atoms with Gasteiger partial charge < -0.3 is 9.32 Å². The Morgan fingerprint density at radius 3 is 2.95 bits per heavy atom. The minimum absolute atomic E-state index is 0.0252. The summed E-state index contributed by atoms with van der Waals surface area (Å²) in [6, 6.07) is 5.72. The van der Waals surface area contributed by atoms with Crippen LogP contribution in [0.25, 0.3) is 11.5 Å². The number of carbonyl (C=O) groups is 1. The van der Waals surface area contributed by atoms with Crippen molar-refractivity contribution in [1.29, 1.82) is 0 Å². The van der Waals surface area contributed by atoms with Crippen LogP contribution in [0.2, 0.25) is 0 Å². The third-order valence-corrected chi connectivity index (χ3v) is 4.47. The number of aromatic nitrogens is 2. The third kappa shape index (κ3) is 2.73. The van der Waals surface area contributed by atoms with Crippen LogP contribution < -0.4 is 0 Å². The van der Waals surface area contributed by atoms with Crippen LogP contribution in [0.3, 0.4) is 0 Å². The second kappa shape index (κ2) is 5.76. The SMILES string of the molecule is C[C@H]1CCCC[C@H]1N(C)C(=O)c1cc(-c2ccco2)[nH]n1. The van der Waals surface area contributed by atoms with Gasteiger partial charge in [-0.25, -0.2) is 0 Å². The Labute approximate surface area is 124 Å². The van der Waals surface area contributed by atoms with E-state index in [-0.39, 0.29) is 5.91 Å². The summed E-state index contributed by atoms with van der Waals surface area (Å²) >= 11 is 0. The van der Waals surface area contributed by atoms with Gasteiger partial charge in [0.2, 0.25) is 0 Å². The summed E-state index contributed by atoms with van der Waals surface area (Å²) in [6.07, 6.45) is 6.35. The van der Waals surface area contributed by atoms with Crippen molar-refractivity contribution in [2.75, 3.05) is 7.05 Å². The number of rotatable bonds is 3. The number of carbonyl (C=O) groups excluding carboxylic acids is 1. The summed E-state index contributed by atoms with van der Waals surface area (Å²) < 4.78 is 5.31. The summed E-state index contributed by atoms with van der Waals surface area (Å²) in [5.41, 5.74) is 1.18. The van der Waals surface area contributed by atoms with E-state index in [0.29, 0.717) is 23.4 Å². The molecule has 1 N–H and O–H groups in total. The Hall–Kier alpha value is -2.04. The van der Waals surface area contributed by atoms with Crippen molar-refractivity contribution >= 4 is 5.91 Å². The van der Waals surface area contributed by atoms with E-state index in [9.17, 15) is 4.79 Å². The lowest BCUT2D eigenvalue weighted by Crippen LogP contribution is -2.42. The highest BCUT2D eigenvalue weighted by Crippen LogP contribution is 2.28. The minimum Gasteiger partial charge on any atom is -0.463 e. The normalized spacial score (nSPS) is 22.2. The van der Waals surface area contributed by atoms with Crippen molar-refractivity contribution in [3.63, 3.8) is 0 Å². The molecular formula is C16H21N3O2. The summed E-state index contributed by atoms with van der Waals surface area (Å²) in [7, 11) is 1.88. The van der Waals surface area contributed by atoms with Crippen molar-refractivity contribution in [3.8, 4) is 11.5 Å². The largest absolute Gasteiger partial charge is 0.463 e. The molecule has 1 fully saturated rings. The maximum Gasteiger partial charge on any atom is 0.274 e. The standard InChI is InChI=1S/C16H21N3O2/c1-11-6-3-4-7-14(11)19(2)16(20)13-10-12(17-18-13)15-8-5-9-21-15/h5,8-11,14H,3-4,6-7H2,1-2H3,(H,17,18)/t11-,14+/m0/s1. The van der Waals surface area contributed by atoms with Crippen molar-refractivity contribution in [2.45, 2.75) is 38.6 Å². The number of hydrogen-bond donors (Lipinski definition) is 1. The molecule has 0 bridgehead atoms. The van der Waals surface area contributed by atoms with Crippen LogP contribution in [0.15, 0.2) is 28.9 Å².